The maximum absolute atomic E-state index is 13.0. The lowest BCUT2D eigenvalue weighted by atomic mass is 10.0. The fraction of sp³-hybridized carbons (Fsp3) is 0.312. The summed E-state index contributed by atoms with van der Waals surface area (Å²) in [5.74, 6) is -2.25. The molecule has 24 heavy (non-hydrogen) atoms. The van der Waals surface area contributed by atoms with Crippen molar-refractivity contribution < 1.29 is 19.1 Å². The molecule has 2 N–H and O–H groups in total. The van der Waals surface area contributed by atoms with Crippen molar-refractivity contribution in [3.63, 3.8) is 0 Å². The number of nitrogens with zero attached hydrogens (tertiary/aromatic N) is 2. The zero-order valence-corrected chi connectivity index (χ0v) is 14.2. The van der Waals surface area contributed by atoms with E-state index in [0.717, 1.165) is 6.42 Å². The molecule has 1 heterocycles. The minimum Gasteiger partial charge on any atom is -0.481 e. The first-order valence-corrected chi connectivity index (χ1v) is 8.30. The molecule has 0 bridgehead atoms. The van der Waals surface area contributed by atoms with Crippen molar-refractivity contribution in [3.05, 3.63) is 46.4 Å². The van der Waals surface area contributed by atoms with E-state index in [1.54, 1.807) is 18.3 Å². The molecule has 0 radical (unpaired) electrons. The number of benzene rings is 1. The second kappa shape index (κ2) is 6.72. The van der Waals surface area contributed by atoms with Crippen molar-refractivity contribution in [2.75, 3.05) is 0 Å². The van der Waals surface area contributed by atoms with Gasteiger partial charge in [0.15, 0.2) is 5.69 Å². The highest BCUT2D eigenvalue weighted by Gasteiger charge is 2.34. The molecule has 1 fully saturated rings. The van der Waals surface area contributed by atoms with Crippen LogP contribution in [0.3, 0.4) is 0 Å². The Labute approximate surface area is 145 Å². The van der Waals surface area contributed by atoms with Gasteiger partial charge in [0.25, 0.3) is 5.91 Å². The van der Waals surface area contributed by atoms with E-state index in [0.29, 0.717) is 23.0 Å². The fourth-order valence-corrected chi connectivity index (χ4v) is 3.35. The van der Waals surface area contributed by atoms with Crippen LogP contribution in [0.5, 0.6) is 0 Å². The summed E-state index contributed by atoms with van der Waals surface area (Å²) in [5.41, 5.74) is 0.774. The fourth-order valence-electron chi connectivity index (χ4n) is 2.90. The van der Waals surface area contributed by atoms with Crippen LogP contribution in [0.2, 0.25) is 0 Å². The van der Waals surface area contributed by atoms with Crippen LogP contribution >= 0.6 is 15.9 Å². The highest BCUT2D eigenvalue weighted by atomic mass is 79.9. The Kier molecular flexibility index (Phi) is 4.66. The van der Waals surface area contributed by atoms with Crippen molar-refractivity contribution in [2.24, 2.45) is 5.92 Å². The lowest BCUT2D eigenvalue weighted by molar-refractivity contribution is -0.142. The Hall–Kier alpha value is -2.22. The third kappa shape index (κ3) is 3.33. The van der Waals surface area contributed by atoms with Gasteiger partial charge in [-0.1, -0.05) is 6.42 Å². The lowest BCUT2D eigenvalue weighted by Gasteiger charge is -2.16. The summed E-state index contributed by atoms with van der Waals surface area (Å²) in [6.07, 6.45) is 3.57. The highest BCUT2D eigenvalue weighted by Crippen LogP contribution is 2.27. The molecule has 1 aromatic carbocycles. The number of carboxylic acids is 1. The maximum atomic E-state index is 13.0. The maximum Gasteiger partial charge on any atom is 0.308 e. The van der Waals surface area contributed by atoms with Gasteiger partial charge in [0.2, 0.25) is 0 Å². The number of amides is 1. The molecule has 0 unspecified atom stereocenters. The van der Waals surface area contributed by atoms with Crippen LogP contribution in [-0.2, 0) is 4.79 Å². The molecule has 0 saturated heterocycles. The van der Waals surface area contributed by atoms with Gasteiger partial charge in [-0.3, -0.25) is 9.59 Å². The predicted molar refractivity (Wildman–Crippen MR) is 87.5 cm³/mol. The van der Waals surface area contributed by atoms with Gasteiger partial charge in [0, 0.05) is 12.2 Å². The Bertz CT molecular complexity index is 775. The molecule has 0 aliphatic heterocycles. The smallest absolute Gasteiger partial charge is 0.308 e. The molecule has 126 valence electrons. The molecule has 8 heteroatoms. The summed E-state index contributed by atoms with van der Waals surface area (Å²) in [5, 5.41) is 16.2. The van der Waals surface area contributed by atoms with E-state index in [1.165, 1.54) is 16.8 Å². The topological polar surface area (TPSA) is 84.2 Å². The number of aliphatic carboxylic acids is 1. The number of aromatic nitrogens is 2. The first-order chi connectivity index (χ1) is 11.5. The van der Waals surface area contributed by atoms with E-state index < -0.39 is 23.8 Å². The standard InChI is InChI=1S/C16H15BrFN3O3/c17-12-8-21(10-6-4-9(18)5-7-10)20-14(12)15(22)19-13-3-1-2-11(13)16(23)24/h4-8,11,13H,1-3H2,(H,19,22)(H,23,24)/t11-,13+/m1/s1. The summed E-state index contributed by atoms with van der Waals surface area (Å²) in [7, 11) is 0. The Morgan fingerprint density at radius 3 is 2.67 bits per heavy atom. The van der Waals surface area contributed by atoms with Crippen molar-refractivity contribution >= 4 is 27.8 Å². The van der Waals surface area contributed by atoms with Crippen LogP contribution in [0, 0.1) is 11.7 Å². The first-order valence-electron chi connectivity index (χ1n) is 7.50. The minimum absolute atomic E-state index is 0.162. The number of carbonyl (C=O) groups excluding carboxylic acids is 1. The van der Waals surface area contributed by atoms with Gasteiger partial charge in [-0.25, -0.2) is 9.07 Å². The number of carboxylic acid groups (broad SMARTS) is 1. The van der Waals surface area contributed by atoms with Gasteiger partial charge in [-0.05, 0) is 53.0 Å². The zero-order chi connectivity index (χ0) is 17.3. The molecule has 2 atom stereocenters. The van der Waals surface area contributed by atoms with Gasteiger partial charge in [0.1, 0.15) is 5.82 Å². The summed E-state index contributed by atoms with van der Waals surface area (Å²) in [4.78, 5) is 23.6. The molecule has 2 aromatic rings. The number of carbonyl (C=O) groups is 2. The Morgan fingerprint density at radius 1 is 1.29 bits per heavy atom. The van der Waals surface area contributed by atoms with Crippen LogP contribution in [-0.4, -0.2) is 32.8 Å². The van der Waals surface area contributed by atoms with Gasteiger partial charge in [0.05, 0.1) is 16.1 Å². The van der Waals surface area contributed by atoms with Crippen molar-refractivity contribution in [1.82, 2.24) is 15.1 Å². The SMILES string of the molecule is O=C(N[C@H]1CCC[C@H]1C(=O)O)c1nn(-c2ccc(F)cc2)cc1Br. The number of halogens is 2. The van der Waals surface area contributed by atoms with Crippen LogP contribution in [0.1, 0.15) is 29.8 Å². The quantitative estimate of drug-likeness (QED) is 0.833. The highest BCUT2D eigenvalue weighted by molar-refractivity contribution is 9.10. The van der Waals surface area contributed by atoms with E-state index in [4.69, 9.17) is 0 Å². The predicted octanol–water partition coefficient (Wildman–Crippen LogP) is 2.76. The number of nitrogens with one attached hydrogen (secondary N) is 1. The molecule has 1 aliphatic rings. The number of hydrogen-bond acceptors (Lipinski definition) is 3. The number of rotatable bonds is 4. The largest absolute Gasteiger partial charge is 0.481 e. The second-order valence-corrected chi connectivity index (χ2v) is 6.56. The van der Waals surface area contributed by atoms with Gasteiger partial charge >= 0.3 is 5.97 Å². The molecule has 1 saturated carbocycles. The van der Waals surface area contributed by atoms with Crippen molar-refractivity contribution in [1.29, 1.82) is 0 Å². The third-order valence-corrected chi connectivity index (χ3v) is 4.71. The minimum atomic E-state index is -0.895. The molecule has 0 spiro atoms. The van der Waals surface area contributed by atoms with Gasteiger partial charge in [-0.15, -0.1) is 0 Å². The Morgan fingerprint density at radius 2 is 2.00 bits per heavy atom. The van der Waals surface area contributed by atoms with Crippen LogP contribution in [0.15, 0.2) is 34.9 Å². The molecular formula is C16H15BrFN3O3. The third-order valence-electron chi connectivity index (χ3n) is 4.13. The second-order valence-electron chi connectivity index (χ2n) is 5.70. The van der Waals surface area contributed by atoms with Crippen molar-refractivity contribution in [2.45, 2.75) is 25.3 Å². The average molecular weight is 396 g/mol. The monoisotopic (exact) mass is 395 g/mol. The van der Waals surface area contributed by atoms with Gasteiger partial charge in [-0.2, -0.15) is 5.10 Å². The summed E-state index contributed by atoms with van der Waals surface area (Å²) in [6.45, 7) is 0. The summed E-state index contributed by atoms with van der Waals surface area (Å²) < 4.78 is 14.9. The molecule has 6 nitrogen and oxygen atoms in total. The molecular weight excluding hydrogens is 381 g/mol. The zero-order valence-electron chi connectivity index (χ0n) is 12.6. The summed E-state index contributed by atoms with van der Waals surface area (Å²) in [6, 6.07) is 5.32. The van der Waals surface area contributed by atoms with Crippen molar-refractivity contribution in [3.8, 4) is 5.69 Å². The summed E-state index contributed by atoms with van der Waals surface area (Å²) >= 11 is 3.29. The average Bonchev–Trinajstić information content (AvgIpc) is 3.14. The van der Waals surface area contributed by atoms with E-state index in [-0.39, 0.29) is 11.5 Å². The normalized spacial score (nSPS) is 20.1. The van der Waals surface area contributed by atoms with Crippen LogP contribution < -0.4 is 5.32 Å². The lowest BCUT2D eigenvalue weighted by Crippen LogP contribution is -2.40. The molecule has 1 aliphatic carbocycles. The van der Waals surface area contributed by atoms with E-state index in [1.807, 2.05) is 0 Å². The molecule has 1 amide bonds. The Balaban J connectivity index is 1.78. The number of hydrogen-bond donors (Lipinski definition) is 2. The van der Waals surface area contributed by atoms with E-state index in [2.05, 4.69) is 26.3 Å². The van der Waals surface area contributed by atoms with Gasteiger partial charge < -0.3 is 10.4 Å². The van der Waals surface area contributed by atoms with Crippen LogP contribution in [0.4, 0.5) is 4.39 Å². The van der Waals surface area contributed by atoms with Crippen LogP contribution in [0.25, 0.3) is 5.69 Å². The molecule has 1 aromatic heterocycles. The van der Waals surface area contributed by atoms with E-state index in [9.17, 15) is 19.1 Å². The molecule has 3 rings (SSSR count). The first kappa shape index (κ1) is 16.6. The van der Waals surface area contributed by atoms with E-state index >= 15 is 0 Å².